The molecule has 0 amide bonds. The van der Waals surface area contributed by atoms with E-state index in [-0.39, 0.29) is 5.56 Å². The summed E-state index contributed by atoms with van der Waals surface area (Å²) in [6.07, 6.45) is 0. The van der Waals surface area contributed by atoms with Crippen molar-refractivity contribution in [1.82, 2.24) is 0 Å². The molecule has 9 nitrogen and oxygen atoms in total. The lowest BCUT2D eigenvalue weighted by Crippen LogP contribution is -2.04. The number of aromatic carboxylic acids is 1. The first-order valence-corrected chi connectivity index (χ1v) is 11.3. The van der Waals surface area contributed by atoms with Gasteiger partial charge in [-0.25, -0.2) is 4.79 Å². The van der Waals surface area contributed by atoms with Gasteiger partial charge in [-0.3, -0.25) is 14.5 Å². The molecule has 0 radical (unpaired) electrons. The summed E-state index contributed by atoms with van der Waals surface area (Å²) in [7, 11) is -4.67. The Kier molecular flexibility index (Phi) is 7.15. The van der Waals surface area contributed by atoms with Crippen LogP contribution in [0.25, 0.3) is 0 Å². The van der Waals surface area contributed by atoms with Gasteiger partial charge in [0.05, 0.1) is 28.3 Å². The van der Waals surface area contributed by atoms with Gasteiger partial charge in [0, 0.05) is 9.79 Å². The summed E-state index contributed by atoms with van der Waals surface area (Å²) in [5.74, 6) is -0.942. The third kappa shape index (κ3) is 6.56. The molecule has 3 aromatic carbocycles. The Morgan fingerprint density at radius 1 is 0.938 bits per heavy atom. The summed E-state index contributed by atoms with van der Waals surface area (Å²) >= 11 is 1.75. The van der Waals surface area contributed by atoms with Gasteiger partial charge in [-0.15, -0.1) is 0 Å². The number of hydrogen-bond acceptors (Lipinski definition) is 7. The van der Waals surface area contributed by atoms with Gasteiger partial charge in [0.1, 0.15) is 0 Å². The van der Waals surface area contributed by atoms with Crippen LogP contribution in [-0.4, -0.2) is 34.3 Å². The van der Waals surface area contributed by atoms with Gasteiger partial charge in [0.2, 0.25) is 0 Å². The molecule has 1 aliphatic heterocycles. The third-order valence-corrected chi connectivity index (χ3v) is 5.41. The van der Waals surface area contributed by atoms with Crippen LogP contribution in [0.15, 0.2) is 81.6 Å². The van der Waals surface area contributed by atoms with Crippen LogP contribution in [0.3, 0.4) is 0 Å². The van der Waals surface area contributed by atoms with E-state index in [1.54, 1.807) is 36.0 Å². The van der Waals surface area contributed by atoms with Crippen LogP contribution in [0.5, 0.6) is 0 Å². The SMILES string of the molecule is CC(=NNc1ccc(C(=O)O)cc1)c1ccc2c(c1)Nc1ccccc1S2.O=S(=O)(O)O. The lowest BCUT2D eigenvalue weighted by molar-refractivity contribution is 0.0697. The van der Waals surface area contributed by atoms with Crippen molar-refractivity contribution in [3.05, 3.63) is 77.9 Å². The number of nitrogens with one attached hydrogen (secondary N) is 2. The summed E-state index contributed by atoms with van der Waals surface area (Å²) in [5, 5.41) is 16.8. The first-order chi connectivity index (χ1) is 15.1. The maximum absolute atomic E-state index is 10.9. The number of nitrogens with zero attached hydrogens (tertiary/aromatic N) is 1. The van der Waals surface area contributed by atoms with E-state index in [2.05, 4.69) is 46.2 Å². The van der Waals surface area contributed by atoms with Crippen molar-refractivity contribution < 1.29 is 27.4 Å². The van der Waals surface area contributed by atoms with Crippen LogP contribution in [0.4, 0.5) is 17.1 Å². The van der Waals surface area contributed by atoms with Crippen LogP contribution < -0.4 is 10.7 Å². The molecule has 1 heterocycles. The Morgan fingerprint density at radius 3 is 2.19 bits per heavy atom. The van der Waals surface area contributed by atoms with Crippen LogP contribution >= 0.6 is 11.8 Å². The Hall–Kier alpha value is -3.38. The summed E-state index contributed by atoms with van der Waals surface area (Å²) in [6.45, 7) is 1.93. The topological polar surface area (TPSA) is 148 Å². The molecular weight excluding hydrogens is 454 g/mol. The van der Waals surface area contributed by atoms with Gasteiger partial charge in [0.15, 0.2) is 0 Å². The van der Waals surface area contributed by atoms with Crippen molar-refractivity contribution in [3.8, 4) is 0 Å². The second kappa shape index (κ2) is 9.83. The predicted molar refractivity (Wildman–Crippen MR) is 124 cm³/mol. The van der Waals surface area contributed by atoms with Crippen molar-refractivity contribution in [3.63, 3.8) is 0 Å². The standard InChI is InChI=1S/C21H17N3O2S.H2O4S/c1-13(23-24-16-9-6-14(7-10-16)21(25)26)15-8-11-20-18(12-15)22-17-4-2-3-5-19(17)27-20;1-5(2,3)4/h2-12,22,24H,1H3,(H,25,26);(H2,1,2,3,4). The molecule has 0 atom stereocenters. The lowest BCUT2D eigenvalue weighted by Gasteiger charge is -2.21. The highest BCUT2D eigenvalue weighted by Crippen LogP contribution is 2.44. The smallest absolute Gasteiger partial charge is 0.394 e. The van der Waals surface area contributed by atoms with Gasteiger partial charge < -0.3 is 10.4 Å². The number of hydrogen-bond donors (Lipinski definition) is 5. The Balaban J connectivity index is 0.000000523. The summed E-state index contributed by atoms with van der Waals surface area (Å²) in [4.78, 5) is 13.3. The number of carboxylic acid groups (broad SMARTS) is 1. The molecule has 0 fully saturated rings. The normalized spacial score (nSPS) is 12.4. The number of benzene rings is 3. The molecule has 0 spiro atoms. The van der Waals surface area contributed by atoms with E-state index in [0.29, 0.717) is 0 Å². The number of rotatable bonds is 4. The second-order valence-electron chi connectivity index (χ2n) is 6.57. The van der Waals surface area contributed by atoms with Gasteiger partial charge in [-0.05, 0) is 61.0 Å². The van der Waals surface area contributed by atoms with Gasteiger partial charge >= 0.3 is 16.4 Å². The first kappa shape index (κ1) is 23.3. The van der Waals surface area contributed by atoms with Crippen molar-refractivity contribution in [1.29, 1.82) is 0 Å². The van der Waals surface area contributed by atoms with E-state index >= 15 is 0 Å². The molecule has 4 rings (SSSR count). The number of carbonyl (C=O) groups is 1. The fraction of sp³-hybridized carbons (Fsp3) is 0.0476. The van der Waals surface area contributed by atoms with Gasteiger partial charge in [-0.2, -0.15) is 13.5 Å². The summed E-state index contributed by atoms with van der Waals surface area (Å²) < 4.78 is 31.6. The molecular formula is C21H19N3O6S2. The molecule has 166 valence electrons. The molecule has 1 aliphatic rings. The van der Waals surface area contributed by atoms with E-state index in [4.69, 9.17) is 22.6 Å². The minimum absolute atomic E-state index is 0.250. The molecule has 0 bridgehead atoms. The van der Waals surface area contributed by atoms with Gasteiger partial charge in [0.25, 0.3) is 0 Å². The Morgan fingerprint density at radius 2 is 1.53 bits per heavy atom. The predicted octanol–water partition coefficient (Wildman–Crippen LogP) is 4.78. The molecule has 0 saturated carbocycles. The zero-order chi connectivity index (χ0) is 23.3. The molecule has 5 N–H and O–H groups in total. The zero-order valence-corrected chi connectivity index (χ0v) is 18.3. The Labute approximate surface area is 188 Å². The number of para-hydroxylation sites is 1. The number of fused-ring (bicyclic) bond motifs is 2. The quantitative estimate of drug-likeness (QED) is 0.160. The maximum atomic E-state index is 10.9. The largest absolute Gasteiger partial charge is 0.478 e. The molecule has 0 saturated heterocycles. The van der Waals surface area contributed by atoms with Crippen molar-refractivity contribution in [2.45, 2.75) is 16.7 Å². The molecule has 32 heavy (non-hydrogen) atoms. The van der Waals surface area contributed by atoms with Crippen molar-refractivity contribution in [2.75, 3.05) is 10.7 Å². The summed E-state index contributed by atoms with van der Waals surface area (Å²) in [6, 6.07) is 21.0. The molecule has 11 heteroatoms. The highest BCUT2D eigenvalue weighted by Gasteiger charge is 2.15. The first-order valence-electron chi connectivity index (χ1n) is 9.12. The number of carboxylic acids is 1. The number of hydrazone groups is 1. The molecule has 0 aliphatic carbocycles. The van der Waals surface area contributed by atoms with Crippen LogP contribution in [-0.2, 0) is 10.4 Å². The second-order valence-corrected chi connectivity index (χ2v) is 8.55. The van der Waals surface area contributed by atoms with Crippen LogP contribution in [0.2, 0.25) is 0 Å². The average molecular weight is 474 g/mol. The van der Waals surface area contributed by atoms with E-state index in [1.165, 1.54) is 9.79 Å². The molecule has 3 aromatic rings. The van der Waals surface area contributed by atoms with Crippen LogP contribution in [0.1, 0.15) is 22.8 Å². The van der Waals surface area contributed by atoms with Crippen molar-refractivity contribution in [2.24, 2.45) is 5.10 Å². The zero-order valence-electron chi connectivity index (χ0n) is 16.7. The van der Waals surface area contributed by atoms with E-state index in [9.17, 15) is 4.79 Å². The fourth-order valence-corrected chi connectivity index (χ4v) is 3.73. The molecule has 0 unspecified atom stereocenters. The lowest BCUT2D eigenvalue weighted by atomic mass is 10.1. The van der Waals surface area contributed by atoms with Gasteiger partial charge in [-0.1, -0.05) is 30.0 Å². The minimum atomic E-state index is -4.67. The molecule has 0 aromatic heterocycles. The number of anilines is 3. The highest BCUT2D eigenvalue weighted by molar-refractivity contribution is 7.99. The Bertz CT molecular complexity index is 1270. The van der Waals surface area contributed by atoms with Crippen LogP contribution in [0, 0.1) is 0 Å². The average Bonchev–Trinajstić information content (AvgIpc) is 2.74. The van der Waals surface area contributed by atoms with E-state index < -0.39 is 16.4 Å². The van der Waals surface area contributed by atoms with E-state index in [1.807, 2.05) is 19.1 Å². The fourth-order valence-electron chi connectivity index (χ4n) is 2.76. The minimum Gasteiger partial charge on any atom is -0.478 e. The summed E-state index contributed by atoms with van der Waals surface area (Å²) in [5.41, 5.74) is 7.98. The maximum Gasteiger partial charge on any atom is 0.394 e. The van der Waals surface area contributed by atoms with E-state index in [0.717, 1.165) is 28.3 Å². The van der Waals surface area contributed by atoms with Crippen molar-refractivity contribution >= 4 is 50.9 Å². The monoisotopic (exact) mass is 473 g/mol. The third-order valence-electron chi connectivity index (χ3n) is 4.26. The highest BCUT2D eigenvalue weighted by atomic mass is 32.3.